The van der Waals surface area contributed by atoms with Crippen molar-refractivity contribution in [1.29, 1.82) is 0 Å². The second kappa shape index (κ2) is 9.77. The number of hydrogen-bond donors (Lipinski definition) is 1. The zero-order chi connectivity index (χ0) is 14.1. The predicted octanol–water partition coefficient (Wildman–Crippen LogP) is 4.06. The van der Waals surface area contributed by atoms with Gasteiger partial charge in [0.15, 0.2) is 0 Å². The van der Waals surface area contributed by atoms with E-state index in [2.05, 4.69) is 37.9 Å². The molecule has 1 aliphatic rings. The van der Waals surface area contributed by atoms with Crippen LogP contribution in [0.3, 0.4) is 0 Å². The number of hydrogen-bond acceptors (Lipinski definition) is 2. The Kier molecular flexibility index (Phi) is 8.72. The van der Waals surface area contributed by atoms with Crippen LogP contribution >= 0.6 is 0 Å². The Hall–Kier alpha value is -0.0800. The molecule has 0 bridgehead atoms. The fourth-order valence-corrected chi connectivity index (χ4v) is 3.68. The maximum absolute atomic E-state index is 3.80. The number of nitrogens with zero attached hydrogens (tertiary/aromatic N) is 1. The van der Waals surface area contributed by atoms with Crippen LogP contribution in [0.15, 0.2) is 0 Å². The molecule has 0 aromatic carbocycles. The van der Waals surface area contributed by atoms with Crippen molar-refractivity contribution in [3.63, 3.8) is 0 Å². The van der Waals surface area contributed by atoms with Crippen LogP contribution in [0.1, 0.15) is 72.6 Å². The van der Waals surface area contributed by atoms with Gasteiger partial charge in [-0.1, -0.05) is 40.5 Å². The Bertz CT molecular complexity index is 217. The highest BCUT2D eigenvalue weighted by atomic mass is 15.2. The second-order valence-corrected chi connectivity index (χ2v) is 6.26. The van der Waals surface area contributed by atoms with E-state index in [4.69, 9.17) is 0 Å². The minimum Gasteiger partial charge on any atom is -0.312 e. The summed E-state index contributed by atoms with van der Waals surface area (Å²) in [5.41, 5.74) is 0. The van der Waals surface area contributed by atoms with E-state index in [0.29, 0.717) is 6.04 Å². The lowest BCUT2D eigenvalue weighted by Gasteiger charge is -2.35. The van der Waals surface area contributed by atoms with E-state index in [1.807, 2.05) is 0 Å². The van der Waals surface area contributed by atoms with Gasteiger partial charge in [-0.15, -0.1) is 0 Å². The Morgan fingerprint density at radius 2 is 1.89 bits per heavy atom. The molecule has 1 heterocycles. The van der Waals surface area contributed by atoms with Gasteiger partial charge in [0.25, 0.3) is 0 Å². The molecular formula is C17H36N2. The summed E-state index contributed by atoms with van der Waals surface area (Å²) in [6, 6.07) is 1.46. The van der Waals surface area contributed by atoms with Crippen molar-refractivity contribution < 1.29 is 0 Å². The molecule has 0 spiro atoms. The topological polar surface area (TPSA) is 15.3 Å². The lowest BCUT2D eigenvalue weighted by atomic mass is 9.98. The lowest BCUT2D eigenvalue weighted by molar-refractivity contribution is 0.172. The molecule has 0 saturated carbocycles. The van der Waals surface area contributed by atoms with Gasteiger partial charge in [0.1, 0.15) is 0 Å². The molecule has 2 nitrogen and oxygen atoms in total. The smallest absolute Gasteiger partial charge is 0.0246 e. The first-order valence-corrected chi connectivity index (χ1v) is 8.74. The molecule has 1 fully saturated rings. The molecule has 0 aromatic heterocycles. The number of nitrogens with one attached hydrogen (secondary N) is 1. The van der Waals surface area contributed by atoms with E-state index < -0.39 is 0 Å². The van der Waals surface area contributed by atoms with Crippen LogP contribution in [0.25, 0.3) is 0 Å². The summed E-state index contributed by atoms with van der Waals surface area (Å²) in [6.07, 6.45) is 9.36. The van der Waals surface area contributed by atoms with Gasteiger partial charge in [-0.3, -0.25) is 4.90 Å². The molecular weight excluding hydrogens is 232 g/mol. The van der Waals surface area contributed by atoms with Crippen LogP contribution in [0, 0.1) is 5.92 Å². The molecule has 0 amide bonds. The fraction of sp³-hybridized carbons (Fsp3) is 1.00. The zero-order valence-electron chi connectivity index (χ0n) is 13.8. The molecule has 1 aliphatic heterocycles. The SMILES string of the molecule is CCCNC(CCC)C(CC)N1CCC(CCC)C1. The van der Waals surface area contributed by atoms with Crippen LogP contribution in [-0.4, -0.2) is 36.6 Å². The summed E-state index contributed by atoms with van der Waals surface area (Å²) in [7, 11) is 0. The van der Waals surface area contributed by atoms with Gasteiger partial charge >= 0.3 is 0 Å². The van der Waals surface area contributed by atoms with Crippen LogP contribution in [0.2, 0.25) is 0 Å². The highest BCUT2D eigenvalue weighted by molar-refractivity contribution is 4.88. The largest absolute Gasteiger partial charge is 0.312 e. The minimum atomic E-state index is 0.704. The van der Waals surface area contributed by atoms with Crippen LogP contribution in [-0.2, 0) is 0 Å². The van der Waals surface area contributed by atoms with Crippen molar-refractivity contribution in [3.05, 3.63) is 0 Å². The summed E-state index contributed by atoms with van der Waals surface area (Å²) in [5.74, 6) is 0.965. The van der Waals surface area contributed by atoms with Crippen LogP contribution in [0.4, 0.5) is 0 Å². The lowest BCUT2D eigenvalue weighted by Crippen LogP contribution is -2.49. The summed E-state index contributed by atoms with van der Waals surface area (Å²) in [5, 5.41) is 3.80. The van der Waals surface area contributed by atoms with Crippen molar-refractivity contribution >= 4 is 0 Å². The molecule has 3 unspecified atom stereocenters. The standard InChI is InChI=1S/C17H36N2/c1-5-9-15-11-13-19(14-15)17(8-4)16(10-6-2)18-12-7-3/h15-18H,5-14H2,1-4H3. The number of likely N-dealkylation sites (tertiary alicyclic amines) is 1. The Labute approximate surface area is 121 Å². The van der Waals surface area contributed by atoms with E-state index in [9.17, 15) is 0 Å². The van der Waals surface area contributed by atoms with E-state index in [1.54, 1.807) is 0 Å². The molecule has 1 rings (SSSR count). The van der Waals surface area contributed by atoms with Gasteiger partial charge < -0.3 is 5.32 Å². The molecule has 0 aliphatic carbocycles. The third kappa shape index (κ3) is 5.43. The zero-order valence-corrected chi connectivity index (χ0v) is 13.8. The highest BCUT2D eigenvalue weighted by Gasteiger charge is 2.30. The second-order valence-electron chi connectivity index (χ2n) is 6.26. The van der Waals surface area contributed by atoms with Crippen molar-refractivity contribution in [2.24, 2.45) is 5.92 Å². The number of rotatable bonds is 10. The first-order valence-electron chi connectivity index (χ1n) is 8.74. The van der Waals surface area contributed by atoms with Crippen LogP contribution < -0.4 is 5.32 Å². The van der Waals surface area contributed by atoms with Crippen molar-refractivity contribution in [2.45, 2.75) is 84.7 Å². The van der Waals surface area contributed by atoms with Crippen molar-refractivity contribution in [2.75, 3.05) is 19.6 Å². The monoisotopic (exact) mass is 268 g/mol. The Balaban J connectivity index is 2.53. The van der Waals surface area contributed by atoms with Gasteiger partial charge in [0, 0.05) is 18.6 Å². The molecule has 0 radical (unpaired) electrons. The molecule has 114 valence electrons. The minimum absolute atomic E-state index is 0.704. The summed E-state index contributed by atoms with van der Waals surface area (Å²) >= 11 is 0. The Morgan fingerprint density at radius 3 is 2.47 bits per heavy atom. The summed E-state index contributed by atoms with van der Waals surface area (Å²) < 4.78 is 0. The van der Waals surface area contributed by atoms with E-state index in [1.165, 1.54) is 64.6 Å². The maximum Gasteiger partial charge on any atom is 0.0246 e. The third-order valence-electron chi connectivity index (χ3n) is 4.62. The van der Waals surface area contributed by atoms with Gasteiger partial charge in [0.2, 0.25) is 0 Å². The van der Waals surface area contributed by atoms with Gasteiger partial charge in [-0.05, 0) is 51.1 Å². The van der Waals surface area contributed by atoms with Crippen molar-refractivity contribution in [1.82, 2.24) is 10.2 Å². The summed E-state index contributed by atoms with van der Waals surface area (Å²) in [4.78, 5) is 2.78. The maximum atomic E-state index is 3.80. The quantitative estimate of drug-likeness (QED) is 0.643. The first kappa shape index (κ1) is 17.0. The first-order chi connectivity index (χ1) is 9.26. The van der Waals surface area contributed by atoms with Gasteiger partial charge in [-0.25, -0.2) is 0 Å². The molecule has 19 heavy (non-hydrogen) atoms. The fourth-order valence-electron chi connectivity index (χ4n) is 3.68. The molecule has 2 heteroatoms. The van der Waals surface area contributed by atoms with E-state index in [-0.39, 0.29) is 0 Å². The average Bonchev–Trinajstić information content (AvgIpc) is 2.86. The molecule has 0 aromatic rings. The normalized spacial score (nSPS) is 23.7. The average molecular weight is 268 g/mol. The molecule has 3 atom stereocenters. The van der Waals surface area contributed by atoms with Gasteiger partial charge in [-0.2, -0.15) is 0 Å². The van der Waals surface area contributed by atoms with E-state index >= 15 is 0 Å². The third-order valence-corrected chi connectivity index (χ3v) is 4.62. The van der Waals surface area contributed by atoms with Crippen molar-refractivity contribution in [3.8, 4) is 0 Å². The van der Waals surface area contributed by atoms with E-state index in [0.717, 1.165) is 12.0 Å². The molecule has 1 N–H and O–H groups in total. The van der Waals surface area contributed by atoms with Gasteiger partial charge in [0.05, 0.1) is 0 Å². The van der Waals surface area contributed by atoms with Crippen LogP contribution in [0.5, 0.6) is 0 Å². The summed E-state index contributed by atoms with van der Waals surface area (Å²) in [6.45, 7) is 13.1. The highest BCUT2D eigenvalue weighted by Crippen LogP contribution is 2.25. The Morgan fingerprint density at radius 1 is 1.11 bits per heavy atom. The molecule has 1 saturated heterocycles. The predicted molar refractivity (Wildman–Crippen MR) is 85.7 cm³/mol.